The van der Waals surface area contributed by atoms with E-state index in [4.69, 9.17) is 5.73 Å². The van der Waals surface area contributed by atoms with E-state index in [9.17, 15) is 0 Å². The second kappa shape index (κ2) is 4.79. The lowest BCUT2D eigenvalue weighted by Crippen LogP contribution is -2.33. The molecule has 1 unspecified atom stereocenters. The van der Waals surface area contributed by atoms with Gasteiger partial charge in [0, 0.05) is 25.9 Å². The number of hydrogen-bond donors (Lipinski definition) is 1. The Morgan fingerprint density at radius 2 is 2.20 bits per heavy atom. The summed E-state index contributed by atoms with van der Waals surface area (Å²) >= 11 is 0. The molecular weight excluding hydrogens is 186 g/mol. The molecule has 0 aliphatic rings. The molecule has 3 nitrogen and oxygen atoms in total. The molecule has 3 heteroatoms. The minimum absolute atomic E-state index is 0.228. The van der Waals surface area contributed by atoms with Crippen LogP contribution < -0.4 is 5.73 Å². The monoisotopic (exact) mass is 209 g/mol. The molecule has 0 aliphatic carbocycles. The molecule has 0 aromatic carbocycles. The smallest absolute Gasteiger partial charge is 0.108 e. The SMILES string of the molecule is CC(C)C(C)(CN)CCc1nccn1C. The van der Waals surface area contributed by atoms with Crippen LogP contribution in [-0.4, -0.2) is 16.1 Å². The first kappa shape index (κ1) is 12.2. The van der Waals surface area contributed by atoms with Crippen molar-refractivity contribution in [1.29, 1.82) is 0 Å². The molecule has 0 bridgehead atoms. The number of aryl methyl sites for hydroxylation is 2. The van der Waals surface area contributed by atoms with Crippen LogP contribution in [0.1, 0.15) is 33.0 Å². The Balaban J connectivity index is 2.59. The zero-order valence-corrected chi connectivity index (χ0v) is 10.3. The number of aromatic nitrogens is 2. The van der Waals surface area contributed by atoms with Crippen LogP contribution in [-0.2, 0) is 13.5 Å². The van der Waals surface area contributed by atoms with Gasteiger partial charge in [0.05, 0.1) is 0 Å². The minimum Gasteiger partial charge on any atom is -0.338 e. The highest BCUT2D eigenvalue weighted by atomic mass is 15.0. The van der Waals surface area contributed by atoms with Crippen molar-refractivity contribution < 1.29 is 0 Å². The lowest BCUT2D eigenvalue weighted by molar-refractivity contribution is 0.208. The van der Waals surface area contributed by atoms with Gasteiger partial charge in [0.1, 0.15) is 5.82 Å². The normalized spacial score (nSPS) is 15.6. The average Bonchev–Trinajstić information content (AvgIpc) is 2.60. The molecule has 15 heavy (non-hydrogen) atoms. The summed E-state index contributed by atoms with van der Waals surface area (Å²) < 4.78 is 2.08. The van der Waals surface area contributed by atoms with Gasteiger partial charge in [-0.2, -0.15) is 0 Å². The van der Waals surface area contributed by atoms with E-state index in [1.54, 1.807) is 0 Å². The number of nitrogens with zero attached hydrogens (tertiary/aromatic N) is 2. The summed E-state index contributed by atoms with van der Waals surface area (Å²) in [6, 6.07) is 0. The van der Waals surface area contributed by atoms with Gasteiger partial charge in [-0.05, 0) is 24.3 Å². The van der Waals surface area contributed by atoms with Gasteiger partial charge in [-0.3, -0.25) is 0 Å². The van der Waals surface area contributed by atoms with Crippen LogP contribution in [0.5, 0.6) is 0 Å². The molecule has 0 radical (unpaired) electrons. The highest BCUT2D eigenvalue weighted by Crippen LogP contribution is 2.30. The third-order valence-corrected chi connectivity index (χ3v) is 3.70. The molecule has 1 heterocycles. The maximum absolute atomic E-state index is 5.86. The van der Waals surface area contributed by atoms with Crippen molar-refractivity contribution in [2.24, 2.45) is 24.1 Å². The number of nitrogens with two attached hydrogens (primary N) is 1. The first-order valence-corrected chi connectivity index (χ1v) is 5.66. The summed E-state index contributed by atoms with van der Waals surface area (Å²) in [5, 5.41) is 0. The zero-order valence-electron chi connectivity index (χ0n) is 10.3. The summed E-state index contributed by atoms with van der Waals surface area (Å²) in [7, 11) is 2.04. The fourth-order valence-electron chi connectivity index (χ4n) is 1.66. The molecular formula is C12H23N3. The van der Waals surface area contributed by atoms with Gasteiger partial charge in [-0.25, -0.2) is 4.98 Å². The molecule has 1 aromatic heterocycles. The van der Waals surface area contributed by atoms with Gasteiger partial charge in [0.2, 0.25) is 0 Å². The molecule has 0 spiro atoms. The van der Waals surface area contributed by atoms with Crippen molar-refractivity contribution in [2.75, 3.05) is 6.54 Å². The summed E-state index contributed by atoms with van der Waals surface area (Å²) in [5.41, 5.74) is 6.09. The van der Waals surface area contributed by atoms with Crippen LogP contribution in [0.15, 0.2) is 12.4 Å². The highest BCUT2D eigenvalue weighted by Gasteiger charge is 2.26. The number of imidazole rings is 1. The van der Waals surface area contributed by atoms with Crippen molar-refractivity contribution in [2.45, 2.75) is 33.6 Å². The third-order valence-electron chi connectivity index (χ3n) is 3.70. The van der Waals surface area contributed by atoms with Crippen LogP contribution in [0, 0.1) is 11.3 Å². The van der Waals surface area contributed by atoms with E-state index >= 15 is 0 Å². The molecule has 0 saturated carbocycles. The minimum atomic E-state index is 0.228. The van der Waals surface area contributed by atoms with E-state index in [0.717, 1.165) is 25.2 Å². The summed E-state index contributed by atoms with van der Waals surface area (Å²) in [4.78, 5) is 4.33. The van der Waals surface area contributed by atoms with E-state index in [0.29, 0.717) is 5.92 Å². The second-order valence-corrected chi connectivity index (χ2v) is 4.97. The van der Waals surface area contributed by atoms with E-state index < -0.39 is 0 Å². The lowest BCUT2D eigenvalue weighted by atomic mass is 9.75. The first-order chi connectivity index (χ1) is 6.99. The summed E-state index contributed by atoms with van der Waals surface area (Å²) in [6.07, 6.45) is 5.95. The van der Waals surface area contributed by atoms with Gasteiger partial charge >= 0.3 is 0 Å². The Bertz CT molecular complexity index is 304. The van der Waals surface area contributed by atoms with Gasteiger partial charge in [0.15, 0.2) is 0 Å². The summed E-state index contributed by atoms with van der Waals surface area (Å²) in [6.45, 7) is 7.49. The first-order valence-electron chi connectivity index (χ1n) is 5.66. The average molecular weight is 209 g/mol. The summed E-state index contributed by atoms with van der Waals surface area (Å²) in [5.74, 6) is 1.76. The van der Waals surface area contributed by atoms with Crippen molar-refractivity contribution in [3.63, 3.8) is 0 Å². The van der Waals surface area contributed by atoms with Crippen molar-refractivity contribution in [1.82, 2.24) is 9.55 Å². The second-order valence-electron chi connectivity index (χ2n) is 4.97. The largest absolute Gasteiger partial charge is 0.338 e. The molecule has 0 aliphatic heterocycles. The fourth-order valence-corrected chi connectivity index (χ4v) is 1.66. The Hall–Kier alpha value is -0.830. The molecule has 0 saturated heterocycles. The van der Waals surface area contributed by atoms with E-state index in [-0.39, 0.29) is 5.41 Å². The number of rotatable bonds is 5. The Morgan fingerprint density at radius 3 is 2.60 bits per heavy atom. The van der Waals surface area contributed by atoms with Crippen LogP contribution in [0.3, 0.4) is 0 Å². The fraction of sp³-hybridized carbons (Fsp3) is 0.750. The van der Waals surface area contributed by atoms with E-state index in [1.165, 1.54) is 0 Å². The van der Waals surface area contributed by atoms with Crippen LogP contribution in [0.25, 0.3) is 0 Å². The Labute approximate surface area is 92.7 Å². The number of hydrogen-bond acceptors (Lipinski definition) is 2. The maximum Gasteiger partial charge on any atom is 0.108 e. The van der Waals surface area contributed by atoms with Gasteiger partial charge in [0.25, 0.3) is 0 Å². The standard InChI is InChI=1S/C12H23N3/c1-10(2)12(3,9-13)6-5-11-14-7-8-15(11)4/h7-8,10H,5-6,9,13H2,1-4H3. The highest BCUT2D eigenvalue weighted by molar-refractivity contribution is 4.93. The van der Waals surface area contributed by atoms with Gasteiger partial charge < -0.3 is 10.3 Å². The molecule has 86 valence electrons. The Morgan fingerprint density at radius 1 is 1.53 bits per heavy atom. The van der Waals surface area contributed by atoms with Crippen LogP contribution in [0.2, 0.25) is 0 Å². The van der Waals surface area contributed by atoms with Crippen LogP contribution >= 0.6 is 0 Å². The van der Waals surface area contributed by atoms with Gasteiger partial charge in [-0.1, -0.05) is 20.8 Å². The van der Waals surface area contributed by atoms with E-state index in [1.807, 2.05) is 19.4 Å². The molecule has 1 aromatic rings. The quantitative estimate of drug-likeness (QED) is 0.805. The predicted octanol–water partition coefficient (Wildman–Crippen LogP) is 1.97. The lowest BCUT2D eigenvalue weighted by Gasteiger charge is -2.32. The molecule has 2 N–H and O–H groups in total. The molecule has 0 fully saturated rings. The van der Waals surface area contributed by atoms with Crippen molar-refractivity contribution >= 4 is 0 Å². The third kappa shape index (κ3) is 2.81. The molecule has 1 rings (SSSR count). The topological polar surface area (TPSA) is 43.8 Å². The predicted molar refractivity (Wildman–Crippen MR) is 63.5 cm³/mol. The Kier molecular flexibility index (Phi) is 3.91. The maximum atomic E-state index is 5.86. The van der Waals surface area contributed by atoms with Crippen LogP contribution in [0.4, 0.5) is 0 Å². The van der Waals surface area contributed by atoms with Crippen molar-refractivity contribution in [3.8, 4) is 0 Å². The molecule has 1 atom stereocenters. The van der Waals surface area contributed by atoms with Gasteiger partial charge in [-0.15, -0.1) is 0 Å². The zero-order chi connectivity index (χ0) is 11.5. The molecule has 0 amide bonds. The van der Waals surface area contributed by atoms with Crippen molar-refractivity contribution in [3.05, 3.63) is 18.2 Å². The van der Waals surface area contributed by atoms with E-state index in [2.05, 4.69) is 30.3 Å².